The van der Waals surface area contributed by atoms with Gasteiger partial charge in [-0.3, -0.25) is 4.79 Å². The predicted molar refractivity (Wildman–Crippen MR) is 152 cm³/mol. The van der Waals surface area contributed by atoms with E-state index in [1.54, 1.807) is 18.1 Å². The van der Waals surface area contributed by atoms with Gasteiger partial charge in [-0.05, 0) is 58.1 Å². The van der Waals surface area contributed by atoms with Crippen LogP contribution in [0.4, 0.5) is 9.18 Å². The summed E-state index contributed by atoms with van der Waals surface area (Å²) in [5.41, 5.74) is 0.473. The van der Waals surface area contributed by atoms with E-state index in [2.05, 4.69) is 20.2 Å². The van der Waals surface area contributed by atoms with Crippen molar-refractivity contribution in [3.8, 4) is 0 Å². The highest BCUT2D eigenvalue weighted by Crippen LogP contribution is 2.30. The minimum absolute atomic E-state index is 0.150. The van der Waals surface area contributed by atoms with Crippen LogP contribution < -0.4 is 0 Å². The summed E-state index contributed by atoms with van der Waals surface area (Å²) in [5.74, 6) is 0.226. The lowest BCUT2D eigenvalue weighted by atomic mass is 9.92. The van der Waals surface area contributed by atoms with E-state index in [1.807, 2.05) is 44.1 Å². The number of nitrogens with zero attached hydrogens (tertiary/aromatic N) is 6. The van der Waals surface area contributed by atoms with Crippen molar-refractivity contribution in [2.24, 2.45) is 5.92 Å². The van der Waals surface area contributed by atoms with Crippen LogP contribution in [0.2, 0.25) is 0 Å². The first-order valence-electron chi connectivity index (χ1n) is 14.3. The number of nitrogens with one attached hydrogen (secondary N) is 1. The van der Waals surface area contributed by atoms with E-state index in [4.69, 9.17) is 9.47 Å². The summed E-state index contributed by atoms with van der Waals surface area (Å²) in [6.45, 7) is 11.9. The lowest BCUT2D eigenvalue weighted by molar-refractivity contribution is 0.00582. The second-order valence-electron chi connectivity index (χ2n) is 12.1. The molecule has 1 aromatic carbocycles. The van der Waals surface area contributed by atoms with Crippen molar-refractivity contribution in [3.05, 3.63) is 42.0 Å². The molecule has 1 aliphatic heterocycles. The smallest absolute Gasteiger partial charge is 0.410 e. The van der Waals surface area contributed by atoms with E-state index in [0.29, 0.717) is 56.1 Å². The minimum atomic E-state index is -0.665. The Bertz CT molecular complexity index is 1320. The van der Waals surface area contributed by atoms with Gasteiger partial charge in [-0.25, -0.2) is 14.2 Å². The number of benzene rings is 1. The number of H-pyrrole nitrogens is 1. The summed E-state index contributed by atoms with van der Waals surface area (Å²) in [6.07, 6.45) is 3.23. The number of unbranched alkanes of at least 4 members (excludes halogenated alkanes) is 1. The number of carbonyl (C=O) groups is 2. The van der Waals surface area contributed by atoms with Crippen molar-refractivity contribution >= 4 is 23.0 Å². The SMILES string of the molecule is COCCCCn1c(C(=O)N(CC(C)C)[C@H]2C[C@@H](c3nnc[nH]3)CN(C(=O)OC(C)(C)C)C2)nc2cc(F)ccc21. The van der Waals surface area contributed by atoms with Crippen molar-refractivity contribution in [2.75, 3.05) is 33.4 Å². The van der Waals surface area contributed by atoms with Gasteiger partial charge in [0.25, 0.3) is 5.91 Å². The summed E-state index contributed by atoms with van der Waals surface area (Å²) >= 11 is 0. The molecule has 0 radical (unpaired) electrons. The topological polar surface area (TPSA) is 118 Å². The first-order valence-corrected chi connectivity index (χ1v) is 14.3. The molecule has 4 rings (SSSR count). The fourth-order valence-electron chi connectivity index (χ4n) is 5.31. The van der Waals surface area contributed by atoms with Crippen LogP contribution in [0.5, 0.6) is 0 Å². The number of likely N-dealkylation sites (tertiary alicyclic amines) is 1. The van der Waals surface area contributed by atoms with E-state index in [1.165, 1.54) is 18.5 Å². The van der Waals surface area contributed by atoms with Gasteiger partial charge in [0.2, 0.25) is 0 Å². The summed E-state index contributed by atoms with van der Waals surface area (Å²) in [4.78, 5) is 38.8. The molecule has 2 amide bonds. The Hall–Kier alpha value is -3.54. The fraction of sp³-hybridized carbons (Fsp3) is 0.621. The number of imidazole rings is 1. The van der Waals surface area contributed by atoms with E-state index in [0.717, 1.165) is 12.8 Å². The Morgan fingerprint density at radius 2 is 2.00 bits per heavy atom. The predicted octanol–water partition coefficient (Wildman–Crippen LogP) is 4.61. The molecule has 12 heteroatoms. The molecule has 2 aromatic heterocycles. The van der Waals surface area contributed by atoms with Crippen molar-refractivity contribution in [2.45, 2.75) is 78.0 Å². The van der Waals surface area contributed by atoms with Gasteiger partial charge in [-0.15, -0.1) is 10.2 Å². The molecule has 41 heavy (non-hydrogen) atoms. The molecule has 1 aliphatic rings. The van der Waals surface area contributed by atoms with Crippen LogP contribution in [-0.2, 0) is 16.0 Å². The number of aromatic nitrogens is 5. The van der Waals surface area contributed by atoms with Crippen LogP contribution in [0.3, 0.4) is 0 Å². The average Bonchev–Trinajstić information content (AvgIpc) is 3.56. The van der Waals surface area contributed by atoms with Crippen LogP contribution in [0.15, 0.2) is 24.5 Å². The lowest BCUT2D eigenvalue weighted by Crippen LogP contribution is -2.55. The molecule has 224 valence electrons. The third-order valence-electron chi connectivity index (χ3n) is 7.05. The molecule has 3 aromatic rings. The van der Waals surface area contributed by atoms with Gasteiger partial charge >= 0.3 is 6.09 Å². The molecule has 0 saturated carbocycles. The van der Waals surface area contributed by atoms with Gasteiger partial charge in [0, 0.05) is 51.9 Å². The van der Waals surface area contributed by atoms with Gasteiger partial charge < -0.3 is 28.8 Å². The second kappa shape index (κ2) is 13.0. The zero-order valence-corrected chi connectivity index (χ0v) is 24.9. The van der Waals surface area contributed by atoms with Crippen LogP contribution in [0.25, 0.3) is 11.0 Å². The van der Waals surface area contributed by atoms with Crippen LogP contribution >= 0.6 is 0 Å². The first-order chi connectivity index (χ1) is 19.5. The van der Waals surface area contributed by atoms with Crippen molar-refractivity contribution in [1.29, 1.82) is 0 Å². The second-order valence-corrected chi connectivity index (χ2v) is 12.1. The maximum Gasteiger partial charge on any atom is 0.410 e. The molecule has 0 bridgehead atoms. The van der Waals surface area contributed by atoms with Crippen LogP contribution in [-0.4, -0.2) is 91.5 Å². The van der Waals surface area contributed by atoms with Gasteiger partial charge in [0.15, 0.2) is 5.82 Å². The molecule has 2 atom stereocenters. The molecule has 1 N–H and O–H groups in total. The molecular weight excluding hydrogens is 529 g/mol. The molecule has 0 unspecified atom stereocenters. The van der Waals surface area contributed by atoms with E-state index in [-0.39, 0.29) is 29.6 Å². The zero-order chi connectivity index (χ0) is 29.7. The number of ether oxygens (including phenoxy) is 2. The van der Waals surface area contributed by atoms with Crippen molar-refractivity contribution < 1.29 is 23.5 Å². The number of carbonyl (C=O) groups excluding carboxylic acids is 2. The highest BCUT2D eigenvalue weighted by molar-refractivity contribution is 5.95. The van der Waals surface area contributed by atoms with Crippen LogP contribution in [0, 0.1) is 11.7 Å². The normalized spacial score (nSPS) is 17.8. The van der Waals surface area contributed by atoms with Gasteiger partial charge in [-0.2, -0.15) is 0 Å². The molecule has 11 nitrogen and oxygen atoms in total. The number of fused-ring (bicyclic) bond motifs is 1. The number of amides is 2. The number of halogens is 1. The molecular formula is C29H42FN7O4. The van der Waals surface area contributed by atoms with Gasteiger partial charge in [0.05, 0.1) is 17.1 Å². The zero-order valence-electron chi connectivity index (χ0n) is 24.9. The summed E-state index contributed by atoms with van der Waals surface area (Å²) < 4.78 is 26.9. The number of hydrogen-bond donors (Lipinski definition) is 1. The Kier molecular flexibility index (Phi) is 9.62. The molecule has 3 heterocycles. The highest BCUT2D eigenvalue weighted by Gasteiger charge is 2.39. The summed E-state index contributed by atoms with van der Waals surface area (Å²) in [6, 6.07) is 4.08. The van der Waals surface area contributed by atoms with Gasteiger partial charge in [-0.1, -0.05) is 13.8 Å². The number of rotatable bonds is 10. The molecule has 0 aliphatic carbocycles. The molecule has 1 fully saturated rings. The summed E-state index contributed by atoms with van der Waals surface area (Å²) in [5, 5.41) is 8.15. The molecule has 1 saturated heterocycles. The number of aryl methyl sites for hydroxylation is 1. The van der Waals surface area contributed by atoms with E-state index >= 15 is 0 Å². The van der Waals surface area contributed by atoms with Crippen LogP contribution in [0.1, 0.15) is 76.2 Å². The Balaban J connectivity index is 1.70. The monoisotopic (exact) mass is 571 g/mol. The Morgan fingerprint density at radius 1 is 1.22 bits per heavy atom. The highest BCUT2D eigenvalue weighted by atomic mass is 19.1. The standard InChI is InChI=1S/C29H42FN7O4/c1-19(2)15-37(22-13-20(25-31-18-32-34-25)16-35(17-22)28(39)41-29(3,4)5)27(38)26-33-23-14-21(30)9-10-24(23)36(26)11-7-8-12-40-6/h9-10,14,18-20,22H,7-8,11-13,15-17H2,1-6H3,(H,31,32,34)/t20-,22+/m1/s1. The number of aromatic amines is 1. The van der Waals surface area contributed by atoms with Crippen molar-refractivity contribution in [3.63, 3.8) is 0 Å². The largest absolute Gasteiger partial charge is 0.444 e. The number of piperidine rings is 1. The quantitative estimate of drug-likeness (QED) is 0.353. The molecule has 0 spiro atoms. The fourth-order valence-corrected chi connectivity index (χ4v) is 5.31. The Morgan fingerprint density at radius 3 is 2.66 bits per heavy atom. The lowest BCUT2D eigenvalue weighted by Gasteiger charge is -2.42. The van der Waals surface area contributed by atoms with Crippen molar-refractivity contribution in [1.82, 2.24) is 34.5 Å². The number of methoxy groups -OCH3 is 1. The maximum atomic E-state index is 14.4. The van der Waals surface area contributed by atoms with Gasteiger partial charge in [0.1, 0.15) is 23.6 Å². The summed E-state index contributed by atoms with van der Waals surface area (Å²) in [7, 11) is 1.66. The minimum Gasteiger partial charge on any atom is -0.444 e. The third kappa shape index (κ3) is 7.60. The average molecular weight is 572 g/mol. The third-order valence-corrected chi connectivity index (χ3v) is 7.05. The Labute approximate surface area is 240 Å². The first kappa shape index (κ1) is 30.4. The maximum absolute atomic E-state index is 14.4. The number of hydrogen-bond acceptors (Lipinski definition) is 7. The van der Waals surface area contributed by atoms with E-state index < -0.39 is 17.5 Å². The van der Waals surface area contributed by atoms with E-state index in [9.17, 15) is 14.0 Å².